The number of halogens is 7. The number of rotatable bonds is 5. The van der Waals surface area contributed by atoms with E-state index in [0.717, 1.165) is 24.0 Å². The Morgan fingerprint density at radius 3 is 2.18 bits per heavy atom. The molecule has 33 heavy (non-hydrogen) atoms. The second-order valence-corrected chi connectivity index (χ2v) is 8.83. The molecule has 0 radical (unpaired) electrons. The third-order valence-corrected chi connectivity index (χ3v) is 5.09. The van der Waals surface area contributed by atoms with Crippen molar-refractivity contribution in [3.8, 4) is 0 Å². The van der Waals surface area contributed by atoms with Gasteiger partial charge in [-0.15, -0.1) is 13.2 Å². The lowest BCUT2D eigenvalue weighted by atomic mass is 10.00. The van der Waals surface area contributed by atoms with Crippen molar-refractivity contribution in [1.82, 2.24) is 9.80 Å². The van der Waals surface area contributed by atoms with Crippen molar-refractivity contribution in [2.45, 2.75) is 77.5 Å². The number of alkyl halides is 6. The van der Waals surface area contributed by atoms with Gasteiger partial charge in [-0.3, -0.25) is 9.64 Å². The lowest BCUT2D eigenvalue weighted by Gasteiger charge is -2.41. The average molecular weight is 488 g/mol. The zero-order valence-electron chi connectivity index (χ0n) is 18.7. The van der Waals surface area contributed by atoms with Crippen molar-refractivity contribution >= 4 is 6.09 Å². The first-order valence-electron chi connectivity index (χ1n) is 10.3. The molecule has 2 rings (SSSR count). The summed E-state index contributed by atoms with van der Waals surface area (Å²) in [6, 6.07) is 1.42. The molecule has 1 aliphatic heterocycles. The number of benzene rings is 1. The molecule has 0 spiro atoms. The molecule has 0 aromatic heterocycles. The van der Waals surface area contributed by atoms with Crippen molar-refractivity contribution in [1.29, 1.82) is 0 Å². The average Bonchev–Trinajstić information content (AvgIpc) is 2.63. The van der Waals surface area contributed by atoms with Crippen LogP contribution in [0.2, 0.25) is 0 Å². The summed E-state index contributed by atoms with van der Waals surface area (Å²) >= 11 is 0. The monoisotopic (exact) mass is 488 g/mol. The predicted octanol–water partition coefficient (Wildman–Crippen LogP) is 5.93. The molecule has 0 N–H and O–H groups in total. The van der Waals surface area contributed by atoms with Gasteiger partial charge in [0.25, 0.3) is 0 Å². The highest BCUT2D eigenvalue weighted by atomic mass is 19.4. The van der Waals surface area contributed by atoms with Gasteiger partial charge in [-0.2, -0.15) is 13.2 Å². The lowest BCUT2D eigenvalue weighted by Crippen LogP contribution is -2.51. The molecular formula is C21H27F7N2O3. The fraction of sp³-hybridized carbons (Fsp3) is 0.667. The van der Waals surface area contributed by atoms with Gasteiger partial charge < -0.3 is 9.64 Å². The van der Waals surface area contributed by atoms with Gasteiger partial charge in [0, 0.05) is 25.7 Å². The fourth-order valence-electron chi connectivity index (χ4n) is 3.67. The summed E-state index contributed by atoms with van der Waals surface area (Å²) in [5.41, 5.74) is -2.37. The normalized spacial score (nSPS) is 17.4. The largest absolute Gasteiger partial charge is 0.524 e. The minimum Gasteiger partial charge on any atom is -0.444 e. The summed E-state index contributed by atoms with van der Waals surface area (Å²) < 4.78 is 102. The number of piperidine rings is 1. The Bertz CT molecular complexity index is 814. The molecule has 0 bridgehead atoms. The van der Waals surface area contributed by atoms with E-state index in [1.54, 1.807) is 20.8 Å². The number of nitrogens with zero attached hydrogens (tertiary/aromatic N) is 2. The van der Waals surface area contributed by atoms with Gasteiger partial charge in [-0.05, 0) is 58.2 Å². The Kier molecular flexibility index (Phi) is 8.27. The third-order valence-electron chi connectivity index (χ3n) is 5.09. The highest BCUT2D eigenvalue weighted by Crippen LogP contribution is 2.35. The van der Waals surface area contributed by atoms with Gasteiger partial charge in [0.05, 0.1) is 5.56 Å². The van der Waals surface area contributed by atoms with E-state index in [0.29, 0.717) is 6.07 Å². The number of hydrogen-bond donors (Lipinski definition) is 0. The number of hydrogen-bond acceptors (Lipinski definition) is 4. The van der Waals surface area contributed by atoms with Crippen molar-refractivity contribution in [3.05, 3.63) is 35.1 Å². The second kappa shape index (κ2) is 10.0. The number of carbonyl (C=O) groups excluding carboxylic acids is 1. The topological polar surface area (TPSA) is 42.0 Å². The molecule has 0 saturated carbocycles. The molecule has 0 aliphatic carbocycles. The summed E-state index contributed by atoms with van der Waals surface area (Å²) in [4.78, 5) is 14.8. The Morgan fingerprint density at radius 2 is 1.70 bits per heavy atom. The summed E-state index contributed by atoms with van der Waals surface area (Å²) in [5.74, 6) is -1.11. The van der Waals surface area contributed by atoms with Crippen molar-refractivity contribution < 1.29 is 45.0 Å². The predicted molar refractivity (Wildman–Crippen MR) is 104 cm³/mol. The second-order valence-electron chi connectivity index (χ2n) is 8.83. The molecule has 1 aliphatic rings. The standard InChI is InChI=1S/C21H27F7N2O3/c1-13(32-21(26,27)28)30(12-14-5-6-15(22)11-17(14)20(23,24)25)16-7-9-29(10-8-16)18(31)33-19(2,3)4/h5-6,11,13,16H,7-10,12H2,1-4H3. The van der Waals surface area contributed by atoms with Crippen molar-refractivity contribution in [3.63, 3.8) is 0 Å². The van der Waals surface area contributed by atoms with Crippen LogP contribution in [0.5, 0.6) is 0 Å². The molecule has 188 valence electrons. The van der Waals surface area contributed by atoms with Gasteiger partial charge in [0.1, 0.15) is 17.6 Å². The van der Waals surface area contributed by atoms with E-state index in [2.05, 4.69) is 4.74 Å². The van der Waals surface area contributed by atoms with Crippen LogP contribution in [-0.4, -0.2) is 53.2 Å². The molecule has 1 aromatic rings. The van der Waals surface area contributed by atoms with Crippen LogP contribution >= 0.6 is 0 Å². The van der Waals surface area contributed by atoms with Crippen LogP contribution in [0, 0.1) is 5.82 Å². The lowest BCUT2D eigenvalue weighted by molar-refractivity contribution is -0.360. The Balaban J connectivity index is 2.24. The quantitative estimate of drug-likeness (QED) is 0.381. The van der Waals surface area contributed by atoms with Crippen LogP contribution in [0.4, 0.5) is 35.5 Å². The SMILES string of the molecule is CC(OC(F)(F)F)N(Cc1ccc(F)cc1C(F)(F)F)C1CCN(C(=O)OC(C)(C)C)CC1. The zero-order chi connectivity index (χ0) is 25.2. The maximum atomic E-state index is 13.5. The molecule has 1 fully saturated rings. The minimum atomic E-state index is -5.01. The molecular weight excluding hydrogens is 461 g/mol. The van der Waals surface area contributed by atoms with E-state index < -0.39 is 54.4 Å². The maximum Gasteiger partial charge on any atom is 0.524 e. The van der Waals surface area contributed by atoms with E-state index in [4.69, 9.17) is 4.74 Å². The van der Waals surface area contributed by atoms with Gasteiger partial charge in [-0.1, -0.05) is 6.07 Å². The molecule has 5 nitrogen and oxygen atoms in total. The summed E-state index contributed by atoms with van der Waals surface area (Å²) in [7, 11) is 0. The molecule has 1 atom stereocenters. The van der Waals surface area contributed by atoms with Crippen LogP contribution in [0.1, 0.15) is 51.7 Å². The molecule has 1 saturated heterocycles. The van der Waals surface area contributed by atoms with E-state index in [9.17, 15) is 35.5 Å². The smallest absolute Gasteiger partial charge is 0.444 e. The Morgan fingerprint density at radius 1 is 1.12 bits per heavy atom. The summed E-state index contributed by atoms with van der Waals surface area (Å²) in [6.07, 6.45) is -11.7. The number of amides is 1. The van der Waals surface area contributed by atoms with Crippen LogP contribution in [0.25, 0.3) is 0 Å². The van der Waals surface area contributed by atoms with Crippen molar-refractivity contribution in [2.75, 3.05) is 13.1 Å². The molecule has 1 amide bonds. The van der Waals surface area contributed by atoms with Gasteiger partial charge in [0.15, 0.2) is 0 Å². The van der Waals surface area contributed by atoms with Crippen LogP contribution in [0.3, 0.4) is 0 Å². The third kappa shape index (κ3) is 8.33. The van der Waals surface area contributed by atoms with Crippen molar-refractivity contribution in [2.24, 2.45) is 0 Å². The van der Waals surface area contributed by atoms with Crippen LogP contribution in [-0.2, 0) is 22.2 Å². The highest BCUT2D eigenvalue weighted by molar-refractivity contribution is 5.68. The number of likely N-dealkylation sites (tertiary alicyclic amines) is 1. The molecule has 12 heteroatoms. The first-order valence-corrected chi connectivity index (χ1v) is 10.3. The first-order chi connectivity index (χ1) is 15.0. The van der Waals surface area contributed by atoms with Gasteiger partial charge in [-0.25, -0.2) is 9.18 Å². The zero-order valence-corrected chi connectivity index (χ0v) is 18.7. The maximum absolute atomic E-state index is 13.5. The van der Waals surface area contributed by atoms with E-state index >= 15 is 0 Å². The van der Waals surface area contributed by atoms with E-state index in [1.165, 1.54) is 4.90 Å². The van der Waals surface area contributed by atoms with Gasteiger partial charge in [0.2, 0.25) is 0 Å². The molecule has 1 unspecified atom stereocenters. The van der Waals surface area contributed by atoms with Gasteiger partial charge >= 0.3 is 18.6 Å². The summed E-state index contributed by atoms with van der Waals surface area (Å²) in [6.45, 7) is 5.89. The molecule has 1 aromatic carbocycles. The fourth-order valence-corrected chi connectivity index (χ4v) is 3.67. The minimum absolute atomic E-state index is 0.143. The number of ether oxygens (including phenoxy) is 2. The van der Waals surface area contributed by atoms with Crippen LogP contribution in [0.15, 0.2) is 18.2 Å². The Labute approximate surface area is 187 Å². The Hall–Kier alpha value is -2.08. The van der Waals surface area contributed by atoms with E-state index in [-0.39, 0.29) is 31.5 Å². The molecule has 1 heterocycles. The van der Waals surface area contributed by atoms with E-state index in [1.807, 2.05) is 0 Å². The summed E-state index contributed by atoms with van der Waals surface area (Å²) in [5, 5.41) is 0. The van der Waals surface area contributed by atoms with Crippen LogP contribution < -0.4 is 0 Å². The highest BCUT2D eigenvalue weighted by Gasteiger charge is 2.40. The number of carbonyl (C=O) groups is 1. The first kappa shape index (κ1) is 27.2.